The van der Waals surface area contributed by atoms with Gasteiger partial charge in [-0.15, -0.1) is 11.3 Å². The van der Waals surface area contributed by atoms with Gasteiger partial charge in [0.1, 0.15) is 5.00 Å². The Labute approximate surface area is 193 Å². The van der Waals surface area contributed by atoms with Crippen molar-refractivity contribution in [3.63, 3.8) is 0 Å². The molecular formula is C19H16F11NO3S. The Kier molecular flexibility index (Phi) is 6.22. The molecule has 1 heterocycles. The largest absolute Gasteiger partial charge is 0.459 e. The molecule has 0 aliphatic heterocycles. The van der Waals surface area contributed by atoms with Gasteiger partial charge in [-0.25, -0.2) is 9.18 Å². The van der Waals surface area contributed by atoms with Crippen molar-refractivity contribution in [3.8, 4) is 0 Å². The van der Waals surface area contributed by atoms with Crippen LogP contribution in [0.25, 0.3) is 0 Å². The standard InChI is InChI=1S/C19H16F11NO3S/c1-7(2)34-12(32)10-8-5-3-4-6-9(8)35-11(10)31-13(33)14(20)15(21,22)17(25,26)19(29,30)18(27,28)16(14,23)24/h7H,3-6H2,1-2H3,(H,31,33). The normalized spacial score (nSPS) is 25.0. The molecule has 3 rings (SSSR count). The minimum Gasteiger partial charge on any atom is -0.459 e. The highest BCUT2D eigenvalue weighted by atomic mass is 32.1. The van der Waals surface area contributed by atoms with Crippen LogP contribution in [0.1, 0.15) is 47.5 Å². The van der Waals surface area contributed by atoms with Crippen molar-refractivity contribution in [1.29, 1.82) is 0 Å². The molecule has 198 valence electrons. The van der Waals surface area contributed by atoms with Crippen LogP contribution in [0.4, 0.5) is 53.3 Å². The Hall–Kier alpha value is -2.13. The molecule has 0 atom stereocenters. The Morgan fingerprint density at radius 2 is 1.26 bits per heavy atom. The van der Waals surface area contributed by atoms with E-state index in [0.29, 0.717) is 29.1 Å². The number of rotatable bonds is 4. The van der Waals surface area contributed by atoms with Crippen molar-refractivity contribution in [2.75, 3.05) is 5.32 Å². The lowest BCUT2D eigenvalue weighted by Crippen LogP contribution is -2.86. The zero-order chi connectivity index (χ0) is 27.0. The predicted octanol–water partition coefficient (Wildman–Crippen LogP) is 6.03. The van der Waals surface area contributed by atoms with E-state index in [1.165, 1.54) is 13.8 Å². The van der Waals surface area contributed by atoms with E-state index in [-0.39, 0.29) is 18.4 Å². The average molecular weight is 547 g/mol. The van der Waals surface area contributed by atoms with Gasteiger partial charge in [-0.05, 0) is 45.1 Å². The Morgan fingerprint density at radius 3 is 1.74 bits per heavy atom. The molecule has 1 amide bonds. The van der Waals surface area contributed by atoms with Gasteiger partial charge in [0.15, 0.2) is 0 Å². The summed E-state index contributed by atoms with van der Waals surface area (Å²) in [7, 11) is 0. The summed E-state index contributed by atoms with van der Waals surface area (Å²) in [6.45, 7) is 2.75. The van der Waals surface area contributed by atoms with Crippen LogP contribution in [-0.4, -0.2) is 53.3 Å². The third kappa shape index (κ3) is 3.30. The number of ether oxygens (including phenoxy) is 1. The third-order valence-electron chi connectivity index (χ3n) is 5.70. The summed E-state index contributed by atoms with van der Waals surface area (Å²) < 4.78 is 159. The SMILES string of the molecule is CC(C)OC(=O)c1c(NC(=O)C2(F)C(F)(F)C(F)(F)C(F)(F)C(F)(F)C2(F)F)sc2c1CCCC2. The van der Waals surface area contributed by atoms with Gasteiger partial charge < -0.3 is 10.1 Å². The fourth-order valence-corrected chi connectivity index (χ4v) is 5.11. The fraction of sp³-hybridized carbons (Fsp3) is 0.684. The van der Waals surface area contributed by atoms with Crippen molar-refractivity contribution in [1.82, 2.24) is 0 Å². The Bertz CT molecular complexity index is 1020. The smallest absolute Gasteiger partial charge is 0.384 e. The number of thiophene rings is 1. The second-order valence-electron chi connectivity index (χ2n) is 8.35. The summed E-state index contributed by atoms with van der Waals surface area (Å²) in [4.78, 5) is 25.1. The highest BCUT2D eigenvalue weighted by molar-refractivity contribution is 7.17. The maximum Gasteiger partial charge on any atom is 0.384 e. The number of halogens is 11. The number of hydrogen-bond acceptors (Lipinski definition) is 4. The van der Waals surface area contributed by atoms with Crippen LogP contribution in [0, 0.1) is 0 Å². The summed E-state index contributed by atoms with van der Waals surface area (Å²) in [6.07, 6.45) is 0.559. The zero-order valence-electron chi connectivity index (χ0n) is 17.7. The van der Waals surface area contributed by atoms with Gasteiger partial charge in [0.05, 0.1) is 11.7 Å². The van der Waals surface area contributed by atoms with Gasteiger partial charge >= 0.3 is 41.3 Å². The van der Waals surface area contributed by atoms with Gasteiger partial charge in [-0.1, -0.05) is 0 Å². The molecule has 1 N–H and O–H groups in total. The van der Waals surface area contributed by atoms with Gasteiger partial charge in [0.2, 0.25) is 0 Å². The van der Waals surface area contributed by atoms with Gasteiger partial charge in [-0.2, -0.15) is 43.9 Å². The fourth-order valence-electron chi connectivity index (χ4n) is 3.84. The summed E-state index contributed by atoms with van der Waals surface area (Å²) in [5.74, 6) is -41.6. The molecule has 0 unspecified atom stereocenters. The lowest BCUT2D eigenvalue weighted by molar-refractivity contribution is -0.475. The van der Waals surface area contributed by atoms with Crippen molar-refractivity contribution in [2.24, 2.45) is 0 Å². The lowest BCUT2D eigenvalue weighted by atomic mass is 9.71. The highest BCUT2D eigenvalue weighted by Gasteiger charge is 3.02. The second-order valence-corrected chi connectivity index (χ2v) is 9.46. The van der Waals surface area contributed by atoms with Crippen LogP contribution in [0.3, 0.4) is 0 Å². The first kappa shape index (κ1) is 27.5. The zero-order valence-corrected chi connectivity index (χ0v) is 18.5. The number of nitrogens with one attached hydrogen (secondary N) is 1. The van der Waals surface area contributed by atoms with Crippen LogP contribution in [0.2, 0.25) is 0 Å². The van der Waals surface area contributed by atoms with E-state index in [1.807, 2.05) is 0 Å². The number of esters is 1. The molecule has 0 saturated heterocycles. The number of carbonyl (C=O) groups excluding carboxylic acids is 2. The number of aryl methyl sites for hydroxylation is 1. The molecule has 4 nitrogen and oxygen atoms in total. The molecule has 2 aliphatic rings. The van der Waals surface area contributed by atoms with Crippen molar-refractivity contribution >= 4 is 28.2 Å². The third-order valence-corrected chi connectivity index (χ3v) is 6.91. The molecule has 2 aliphatic carbocycles. The molecule has 0 radical (unpaired) electrons. The number of alkyl halides is 11. The van der Waals surface area contributed by atoms with E-state index in [4.69, 9.17) is 4.74 Å². The minimum atomic E-state index is -7.43. The number of anilines is 1. The van der Waals surface area contributed by atoms with E-state index >= 15 is 4.39 Å². The average Bonchev–Trinajstić information content (AvgIpc) is 3.08. The van der Waals surface area contributed by atoms with Crippen molar-refractivity contribution in [2.45, 2.75) is 80.9 Å². The molecule has 0 spiro atoms. The van der Waals surface area contributed by atoms with Crippen LogP contribution < -0.4 is 5.32 Å². The summed E-state index contributed by atoms with van der Waals surface area (Å²) in [5, 5.41) is 0.162. The van der Waals surface area contributed by atoms with Crippen molar-refractivity contribution < 1.29 is 62.6 Å². The second kappa shape index (κ2) is 7.93. The van der Waals surface area contributed by atoms with Crippen LogP contribution in [0.15, 0.2) is 0 Å². The molecule has 1 aromatic rings. The lowest BCUT2D eigenvalue weighted by Gasteiger charge is -2.51. The molecule has 1 fully saturated rings. The first-order valence-electron chi connectivity index (χ1n) is 9.95. The topological polar surface area (TPSA) is 55.4 Å². The molecule has 35 heavy (non-hydrogen) atoms. The quantitative estimate of drug-likeness (QED) is 0.370. The van der Waals surface area contributed by atoms with E-state index < -0.39 is 63.8 Å². The summed E-state index contributed by atoms with van der Waals surface area (Å²) in [6, 6.07) is 0. The van der Waals surface area contributed by atoms with Crippen LogP contribution >= 0.6 is 11.3 Å². The number of amides is 1. The molecule has 16 heteroatoms. The van der Waals surface area contributed by atoms with E-state index in [1.54, 1.807) is 0 Å². The minimum absolute atomic E-state index is 0.139. The summed E-state index contributed by atoms with van der Waals surface area (Å²) >= 11 is 0.396. The maximum atomic E-state index is 15.1. The molecule has 0 aromatic carbocycles. The van der Waals surface area contributed by atoms with E-state index in [0.717, 1.165) is 5.32 Å². The number of fused-ring (bicyclic) bond motifs is 1. The Balaban J connectivity index is 2.16. The van der Waals surface area contributed by atoms with Gasteiger partial charge in [-0.3, -0.25) is 4.79 Å². The Morgan fingerprint density at radius 1 is 0.800 bits per heavy atom. The maximum absolute atomic E-state index is 15.1. The first-order chi connectivity index (χ1) is 15.7. The summed E-state index contributed by atoms with van der Waals surface area (Å²) in [5.41, 5.74) is -7.28. The van der Waals surface area contributed by atoms with Gasteiger partial charge in [0.25, 0.3) is 5.91 Å². The van der Waals surface area contributed by atoms with Gasteiger partial charge in [0, 0.05) is 4.88 Å². The van der Waals surface area contributed by atoms with E-state index in [9.17, 15) is 53.5 Å². The molecule has 1 saturated carbocycles. The predicted molar refractivity (Wildman–Crippen MR) is 98.7 cm³/mol. The van der Waals surface area contributed by atoms with Crippen LogP contribution in [0.5, 0.6) is 0 Å². The molecule has 0 bridgehead atoms. The number of carbonyl (C=O) groups is 2. The first-order valence-corrected chi connectivity index (χ1v) is 10.8. The molecular weight excluding hydrogens is 531 g/mol. The highest BCUT2D eigenvalue weighted by Crippen LogP contribution is 2.69. The number of hydrogen-bond donors (Lipinski definition) is 1. The van der Waals surface area contributed by atoms with Crippen molar-refractivity contribution in [3.05, 3.63) is 16.0 Å². The molecule has 1 aromatic heterocycles. The van der Waals surface area contributed by atoms with Crippen LogP contribution in [-0.2, 0) is 22.4 Å². The monoisotopic (exact) mass is 547 g/mol. The van der Waals surface area contributed by atoms with E-state index in [2.05, 4.69) is 0 Å².